The highest BCUT2D eigenvalue weighted by Crippen LogP contribution is 2.13. The van der Waals surface area contributed by atoms with Crippen molar-refractivity contribution < 1.29 is 4.74 Å². The van der Waals surface area contributed by atoms with Crippen LogP contribution in [0.5, 0.6) is 5.75 Å². The molecule has 0 bridgehead atoms. The van der Waals surface area contributed by atoms with Crippen molar-refractivity contribution in [2.75, 3.05) is 6.61 Å². The first-order valence-corrected chi connectivity index (χ1v) is 4.83. The Hall–Kier alpha value is -1.62. The summed E-state index contributed by atoms with van der Waals surface area (Å²) in [5, 5.41) is 4.47. The third kappa shape index (κ3) is 2.24. The quantitative estimate of drug-likeness (QED) is 0.745. The van der Waals surface area contributed by atoms with Crippen molar-refractivity contribution in [3.63, 3.8) is 0 Å². The third-order valence-electron chi connectivity index (χ3n) is 1.72. The van der Waals surface area contributed by atoms with E-state index in [-0.39, 0.29) is 0 Å². The Morgan fingerprint density at radius 3 is 3.07 bits per heavy atom. The van der Waals surface area contributed by atoms with E-state index in [9.17, 15) is 0 Å². The topological polar surface area (TPSA) is 52.8 Å². The average Bonchev–Trinajstić information content (AvgIpc) is 2.67. The summed E-state index contributed by atoms with van der Waals surface area (Å²) in [6.07, 6.45) is 4.75. The molecule has 5 nitrogen and oxygen atoms in total. The Bertz CT molecular complexity index is 457. The second-order valence-corrected chi connectivity index (χ2v) is 3.14. The Morgan fingerprint density at radius 1 is 1.47 bits per heavy atom. The molecule has 0 aliphatic carbocycles. The van der Waals surface area contributed by atoms with Gasteiger partial charge in [-0.05, 0) is 6.92 Å². The lowest BCUT2D eigenvalue weighted by Gasteiger charge is -1.99. The standard InChI is InChI=1S/C9H9ClN4O/c1-2-15-7-4-13-14(5-7)9-3-8(10)11-6-12-9/h3-6H,2H2,1H3. The summed E-state index contributed by atoms with van der Waals surface area (Å²) in [4.78, 5) is 7.82. The highest BCUT2D eigenvalue weighted by atomic mass is 35.5. The van der Waals surface area contributed by atoms with E-state index in [0.717, 1.165) is 0 Å². The number of ether oxygens (including phenoxy) is 1. The first-order valence-electron chi connectivity index (χ1n) is 4.45. The minimum atomic E-state index is 0.383. The molecule has 0 aliphatic heterocycles. The second kappa shape index (κ2) is 4.27. The molecule has 2 heterocycles. The lowest BCUT2D eigenvalue weighted by Crippen LogP contribution is -1.98. The van der Waals surface area contributed by atoms with E-state index in [2.05, 4.69) is 15.1 Å². The number of aromatic nitrogens is 4. The van der Waals surface area contributed by atoms with Crippen LogP contribution in [0.25, 0.3) is 5.82 Å². The van der Waals surface area contributed by atoms with Crippen LogP contribution < -0.4 is 4.74 Å². The SMILES string of the molecule is CCOc1cnn(-c2cc(Cl)ncn2)c1. The zero-order valence-electron chi connectivity index (χ0n) is 8.09. The molecule has 0 fully saturated rings. The van der Waals surface area contributed by atoms with Gasteiger partial charge in [0.05, 0.1) is 19.0 Å². The molecule has 6 heteroatoms. The number of hydrogen-bond acceptors (Lipinski definition) is 4. The normalized spacial score (nSPS) is 10.3. The van der Waals surface area contributed by atoms with Gasteiger partial charge in [-0.2, -0.15) is 5.10 Å². The van der Waals surface area contributed by atoms with Crippen LogP contribution in [0.15, 0.2) is 24.8 Å². The highest BCUT2D eigenvalue weighted by Gasteiger charge is 2.03. The Morgan fingerprint density at radius 2 is 2.33 bits per heavy atom. The van der Waals surface area contributed by atoms with Crippen LogP contribution in [-0.2, 0) is 0 Å². The van der Waals surface area contributed by atoms with E-state index in [0.29, 0.717) is 23.3 Å². The minimum absolute atomic E-state index is 0.383. The van der Waals surface area contributed by atoms with Crippen molar-refractivity contribution in [2.45, 2.75) is 6.92 Å². The fraction of sp³-hybridized carbons (Fsp3) is 0.222. The molecule has 2 aromatic heterocycles. The highest BCUT2D eigenvalue weighted by molar-refractivity contribution is 6.29. The van der Waals surface area contributed by atoms with Crippen molar-refractivity contribution in [1.29, 1.82) is 0 Å². The van der Waals surface area contributed by atoms with E-state index >= 15 is 0 Å². The van der Waals surface area contributed by atoms with Gasteiger partial charge in [-0.25, -0.2) is 14.6 Å². The summed E-state index contributed by atoms with van der Waals surface area (Å²) in [7, 11) is 0. The van der Waals surface area contributed by atoms with Crippen molar-refractivity contribution in [3.05, 3.63) is 29.9 Å². The molecule has 0 aromatic carbocycles. The van der Waals surface area contributed by atoms with Crippen LogP contribution in [0, 0.1) is 0 Å². The summed E-state index contributed by atoms with van der Waals surface area (Å²) < 4.78 is 6.86. The molecular weight excluding hydrogens is 216 g/mol. The van der Waals surface area contributed by atoms with E-state index in [1.807, 2.05) is 6.92 Å². The number of hydrogen-bond donors (Lipinski definition) is 0. The molecule has 0 amide bonds. The maximum atomic E-state index is 5.74. The fourth-order valence-electron chi connectivity index (χ4n) is 1.12. The molecule has 78 valence electrons. The van der Waals surface area contributed by atoms with Gasteiger partial charge in [-0.1, -0.05) is 11.6 Å². The summed E-state index contributed by atoms with van der Waals surface area (Å²) in [5.41, 5.74) is 0. The Balaban J connectivity index is 2.29. The first-order chi connectivity index (χ1) is 7.29. The molecule has 2 rings (SSSR count). The molecule has 0 atom stereocenters. The van der Waals surface area contributed by atoms with E-state index in [1.165, 1.54) is 6.33 Å². The van der Waals surface area contributed by atoms with Crippen LogP contribution in [-0.4, -0.2) is 26.4 Å². The van der Waals surface area contributed by atoms with Gasteiger partial charge in [-0.3, -0.25) is 0 Å². The predicted molar refractivity (Wildman–Crippen MR) is 55.3 cm³/mol. The van der Waals surface area contributed by atoms with Crippen LogP contribution in [0.1, 0.15) is 6.92 Å². The van der Waals surface area contributed by atoms with Crippen LogP contribution in [0.4, 0.5) is 0 Å². The molecule has 0 spiro atoms. The molecule has 0 saturated heterocycles. The van der Waals surface area contributed by atoms with Gasteiger partial charge >= 0.3 is 0 Å². The van der Waals surface area contributed by atoms with E-state index in [1.54, 1.807) is 23.1 Å². The van der Waals surface area contributed by atoms with Crippen LogP contribution >= 0.6 is 11.6 Å². The molecule has 0 saturated carbocycles. The third-order valence-corrected chi connectivity index (χ3v) is 1.93. The predicted octanol–water partition coefficient (Wildman–Crippen LogP) is 1.71. The van der Waals surface area contributed by atoms with Gasteiger partial charge in [0.1, 0.15) is 11.5 Å². The summed E-state index contributed by atoms with van der Waals surface area (Å²) in [5.74, 6) is 1.31. The van der Waals surface area contributed by atoms with Gasteiger partial charge in [0.25, 0.3) is 0 Å². The van der Waals surface area contributed by atoms with Gasteiger partial charge in [0.15, 0.2) is 11.6 Å². The molecule has 0 unspecified atom stereocenters. The lowest BCUT2D eigenvalue weighted by atomic mass is 10.6. The Kier molecular flexibility index (Phi) is 2.82. The van der Waals surface area contributed by atoms with Crippen molar-refractivity contribution in [1.82, 2.24) is 19.7 Å². The molecule has 0 aliphatic rings. The molecule has 0 N–H and O–H groups in total. The fourth-order valence-corrected chi connectivity index (χ4v) is 1.26. The van der Waals surface area contributed by atoms with E-state index < -0.39 is 0 Å². The number of nitrogens with zero attached hydrogens (tertiary/aromatic N) is 4. The van der Waals surface area contributed by atoms with Gasteiger partial charge in [0.2, 0.25) is 0 Å². The molecule has 15 heavy (non-hydrogen) atoms. The van der Waals surface area contributed by atoms with Gasteiger partial charge in [-0.15, -0.1) is 0 Å². The molecule has 0 radical (unpaired) electrons. The summed E-state index contributed by atoms with van der Waals surface area (Å²) in [6, 6.07) is 1.63. The zero-order chi connectivity index (χ0) is 10.7. The molecular formula is C9H9ClN4O. The van der Waals surface area contributed by atoms with E-state index in [4.69, 9.17) is 16.3 Å². The average molecular weight is 225 g/mol. The lowest BCUT2D eigenvalue weighted by molar-refractivity contribution is 0.340. The van der Waals surface area contributed by atoms with Crippen molar-refractivity contribution >= 4 is 11.6 Å². The summed E-state index contributed by atoms with van der Waals surface area (Å²) >= 11 is 5.74. The first kappa shape index (κ1) is 9.92. The monoisotopic (exact) mass is 224 g/mol. The largest absolute Gasteiger partial charge is 0.491 e. The van der Waals surface area contributed by atoms with Crippen LogP contribution in [0.3, 0.4) is 0 Å². The van der Waals surface area contributed by atoms with Crippen molar-refractivity contribution in [3.8, 4) is 11.6 Å². The smallest absolute Gasteiger partial charge is 0.158 e. The maximum absolute atomic E-state index is 5.74. The zero-order valence-corrected chi connectivity index (χ0v) is 8.85. The number of rotatable bonds is 3. The second-order valence-electron chi connectivity index (χ2n) is 2.75. The number of halogens is 1. The maximum Gasteiger partial charge on any atom is 0.158 e. The summed E-state index contributed by atoms with van der Waals surface area (Å²) in [6.45, 7) is 2.52. The Labute approximate surface area is 91.7 Å². The molecule has 2 aromatic rings. The van der Waals surface area contributed by atoms with Crippen LogP contribution in [0.2, 0.25) is 5.15 Å². The van der Waals surface area contributed by atoms with Crippen molar-refractivity contribution in [2.24, 2.45) is 0 Å². The van der Waals surface area contributed by atoms with Gasteiger partial charge in [0, 0.05) is 6.07 Å². The minimum Gasteiger partial charge on any atom is -0.491 e. The van der Waals surface area contributed by atoms with Gasteiger partial charge < -0.3 is 4.74 Å².